The van der Waals surface area contributed by atoms with Crippen molar-refractivity contribution in [2.24, 2.45) is 5.84 Å². The number of hydrogen-bond donors (Lipinski definition) is 3. The highest BCUT2D eigenvalue weighted by Gasteiger charge is 2.09. The third kappa shape index (κ3) is 3.46. The van der Waals surface area contributed by atoms with Gasteiger partial charge in [-0.25, -0.2) is 10.8 Å². The minimum Gasteiger partial charge on any atom is -0.468 e. The van der Waals surface area contributed by atoms with Crippen LogP contribution in [0.4, 0.5) is 0 Å². The third-order valence-electron chi connectivity index (χ3n) is 2.25. The van der Waals surface area contributed by atoms with Gasteiger partial charge in [-0.1, -0.05) is 11.8 Å². The number of aromatic amines is 1. The van der Waals surface area contributed by atoms with Crippen LogP contribution in [0.25, 0.3) is 0 Å². The van der Waals surface area contributed by atoms with Crippen molar-refractivity contribution in [3.05, 3.63) is 45.8 Å². The van der Waals surface area contributed by atoms with Crippen LogP contribution in [0.5, 0.6) is 0 Å². The Balaban J connectivity index is 2.04. The standard InChI is InChI=1S/C11H12N4O3S/c1-6-2-9(16)14-11(13-6)19-5-8-3-7(4-18-8)10(17)15-12/h2-4H,5,12H2,1H3,(H,15,17)(H,13,14,16). The molecule has 0 saturated heterocycles. The summed E-state index contributed by atoms with van der Waals surface area (Å²) in [7, 11) is 0. The smallest absolute Gasteiger partial charge is 0.268 e. The Morgan fingerprint density at radius 2 is 2.37 bits per heavy atom. The number of carbonyl (C=O) groups excluding carboxylic acids is 1. The molecule has 4 N–H and O–H groups in total. The lowest BCUT2D eigenvalue weighted by atomic mass is 10.3. The van der Waals surface area contributed by atoms with Gasteiger partial charge in [0.25, 0.3) is 11.5 Å². The number of nitrogens with one attached hydrogen (secondary N) is 2. The van der Waals surface area contributed by atoms with Crippen LogP contribution >= 0.6 is 11.8 Å². The number of carbonyl (C=O) groups is 1. The molecule has 100 valence electrons. The SMILES string of the molecule is Cc1cc(=O)[nH]c(SCc2cc(C(=O)NN)co2)n1. The van der Waals surface area contributed by atoms with Gasteiger partial charge < -0.3 is 9.40 Å². The Hall–Kier alpha value is -2.06. The maximum absolute atomic E-state index is 11.3. The molecule has 2 rings (SSSR count). The molecular formula is C11H12N4O3S. The zero-order valence-corrected chi connectivity index (χ0v) is 10.9. The van der Waals surface area contributed by atoms with E-state index in [1.54, 1.807) is 13.0 Å². The number of hydrazine groups is 1. The first-order chi connectivity index (χ1) is 9.08. The van der Waals surface area contributed by atoms with E-state index in [9.17, 15) is 9.59 Å². The van der Waals surface area contributed by atoms with Crippen LogP contribution in [-0.2, 0) is 5.75 Å². The zero-order chi connectivity index (χ0) is 13.8. The molecule has 0 aliphatic heterocycles. The minimum atomic E-state index is -0.415. The number of amides is 1. The first-order valence-electron chi connectivity index (χ1n) is 5.37. The first kappa shape index (κ1) is 13.4. The molecule has 7 nitrogen and oxygen atoms in total. The van der Waals surface area contributed by atoms with Gasteiger partial charge in [0.15, 0.2) is 5.16 Å². The molecule has 0 fully saturated rings. The fourth-order valence-electron chi connectivity index (χ4n) is 1.42. The van der Waals surface area contributed by atoms with Gasteiger partial charge in [0, 0.05) is 11.8 Å². The van der Waals surface area contributed by atoms with Crippen LogP contribution in [0.3, 0.4) is 0 Å². The molecule has 2 aromatic heterocycles. The summed E-state index contributed by atoms with van der Waals surface area (Å²) in [5.74, 6) is 5.64. The van der Waals surface area contributed by atoms with E-state index in [2.05, 4.69) is 9.97 Å². The van der Waals surface area contributed by atoms with Gasteiger partial charge in [0.05, 0.1) is 11.3 Å². The molecule has 2 heterocycles. The van der Waals surface area contributed by atoms with Gasteiger partial charge in [-0.15, -0.1) is 0 Å². The second-order valence-corrected chi connectivity index (χ2v) is 4.72. The van der Waals surface area contributed by atoms with Crippen LogP contribution in [-0.4, -0.2) is 15.9 Å². The van der Waals surface area contributed by atoms with Crippen molar-refractivity contribution < 1.29 is 9.21 Å². The van der Waals surface area contributed by atoms with Crippen molar-refractivity contribution in [2.45, 2.75) is 17.8 Å². The fraction of sp³-hybridized carbons (Fsp3) is 0.182. The van der Waals surface area contributed by atoms with E-state index < -0.39 is 5.91 Å². The Morgan fingerprint density at radius 3 is 3.05 bits per heavy atom. The topological polar surface area (TPSA) is 114 Å². The lowest BCUT2D eigenvalue weighted by Gasteiger charge is -1.99. The number of thioether (sulfide) groups is 1. The molecule has 2 aromatic rings. The molecule has 19 heavy (non-hydrogen) atoms. The summed E-state index contributed by atoms with van der Waals surface area (Å²) in [6.07, 6.45) is 1.32. The van der Waals surface area contributed by atoms with Gasteiger partial charge in [-0.05, 0) is 13.0 Å². The number of H-pyrrole nitrogens is 1. The maximum atomic E-state index is 11.3. The number of furan rings is 1. The van der Waals surface area contributed by atoms with E-state index >= 15 is 0 Å². The van der Waals surface area contributed by atoms with Crippen LogP contribution in [0.15, 0.2) is 32.8 Å². The number of aryl methyl sites for hydroxylation is 1. The highest BCUT2D eigenvalue weighted by Crippen LogP contribution is 2.20. The summed E-state index contributed by atoms with van der Waals surface area (Å²) in [6.45, 7) is 1.75. The fourth-order valence-corrected chi connectivity index (χ4v) is 2.23. The maximum Gasteiger partial charge on any atom is 0.268 e. The second kappa shape index (κ2) is 5.72. The van der Waals surface area contributed by atoms with E-state index in [4.69, 9.17) is 10.3 Å². The predicted octanol–water partition coefficient (Wildman–Crippen LogP) is 0.567. The molecule has 0 atom stereocenters. The molecule has 0 radical (unpaired) electrons. The number of aromatic nitrogens is 2. The predicted molar refractivity (Wildman–Crippen MR) is 69.5 cm³/mol. The summed E-state index contributed by atoms with van der Waals surface area (Å²) in [5.41, 5.74) is 2.82. The Bertz CT molecular complexity index is 649. The van der Waals surface area contributed by atoms with Crippen molar-refractivity contribution in [1.82, 2.24) is 15.4 Å². The molecule has 0 spiro atoms. The molecular weight excluding hydrogens is 268 g/mol. The minimum absolute atomic E-state index is 0.197. The van der Waals surface area contributed by atoms with E-state index in [-0.39, 0.29) is 5.56 Å². The van der Waals surface area contributed by atoms with Crippen molar-refractivity contribution in [2.75, 3.05) is 0 Å². The van der Waals surface area contributed by atoms with Crippen molar-refractivity contribution >= 4 is 17.7 Å². The quantitative estimate of drug-likeness (QED) is 0.248. The molecule has 0 saturated carbocycles. The number of nitrogen functional groups attached to an aromatic ring is 1. The van der Waals surface area contributed by atoms with E-state index in [1.165, 1.54) is 24.1 Å². The summed E-state index contributed by atoms with van der Waals surface area (Å²) in [6, 6.07) is 3.00. The normalized spacial score (nSPS) is 10.4. The number of nitrogens with zero attached hydrogens (tertiary/aromatic N) is 1. The summed E-state index contributed by atoms with van der Waals surface area (Å²) in [5, 5.41) is 0.506. The average molecular weight is 280 g/mol. The zero-order valence-electron chi connectivity index (χ0n) is 10.1. The second-order valence-electron chi connectivity index (χ2n) is 3.76. The largest absolute Gasteiger partial charge is 0.468 e. The molecule has 8 heteroatoms. The number of hydrogen-bond acceptors (Lipinski definition) is 6. The molecule has 0 aliphatic rings. The molecule has 1 amide bonds. The highest BCUT2D eigenvalue weighted by atomic mass is 32.2. The summed E-state index contributed by atoms with van der Waals surface area (Å²) in [4.78, 5) is 29.3. The van der Waals surface area contributed by atoms with Crippen LogP contribution in [0.2, 0.25) is 0 Å². The van der Waals surface area contributed by atoms with Gasteiger partial charge in [-0.2, -0.15) is 0 Å². The van der Waals surface area contributed by atoms with Gasteiger partial charge >= 0.3 is 0 Å². The third-order valence-corrected chi connectivity index (χ3v) is 3.14. The summed E-state index contributed by atoms with van der Waals surface area (Å²) >= 11 is 1.31. The molecule has 0 aliphatic carbocycles. The van der Waals surface area contributed by atoms with Crippen molar-refractivity contribution in [1.29, 1.82) is 0 Å². The van der Waals surface area contributed by atoms with Gasteiger partial charge in [-0.3, -0.25) is 15.0 Å². The van der Waals surface area contributed by atoms with E-state index in [0.717, 1.165) is 0 Å². The average Bonchev–Trinajstić information content (AvgIpc) is 2.83. The molecule has 0 bridgehead atoms. The van der Waals surface area contributed by atoms with Crippen molar-refractivity contribution in [3.8, 4) is 0 Å². The lowest BCUT2D eigenvalue weighted by Crippen LogP contribution is -2.29. The number of rotatable bonds is 4. The Morgan fingerprint density at radius 1 is 1.58 bits per heavy atom. The lowest BCUT2D eigenvalue weighted by molar-refractivity contribution is 0.0953. The van der Waals surface area contributed by atoms with Crippen LogP contribution < -0.4 is 16.8 Å². The Labute approximate surface area is 112 Å². The van der Waals surface area contributed by atoms with Crippen LogP contribution in [0, 0.1) is 6.92 Å². The molecule has 0 unspecified atom stereocenters. The first-order valence-corrected chi connectivity index (χ1v) is 6.36. The van der Waals surface area contributed by atoms with Crippen molar-refractivity contribution in [3.63, 3.8) is 0 Å². The number of nitrogens with two attached hydrogens (primary N) is 1. The summed E-state index contributed by atoms with van der Waals surface area (Å²) < 4.78 is 5.21. The monoisotopic (exact) mass is 280 g/mol. The van der Waals surface area contributed by atoms with Gasteiger partial charge in [0.1, 0.15) is 12.0 Å². The molecule has 0 aromatic carbocycles. The van der Waals surface area contributed by atoms with E-state index in [0.29, 0.717) is 27.9 Å². The van der Waals surface area contributed by atoms with Crippen LogP contribution in [0.1, 0.15) is 21.8 Å². The highest BCUT2D eigenvalue weighted by molar-refractivity contribution is 7.98. The van der Waals surface area contributed by atoms with E-state index in [1.807, 2.05) is 5.43 Å². The Kier molecular flexibility index (Phi) is 4.03. The van der Waals surface area contributed by atoms with Gasteiger partial charge in [0.2, 0.25) is 0 Å².